The summed E-state index contributed by atoms with van der Waals surface area (Å²) in [5.41, 5.74) is 4.38. The minimum atomic E-state index is -2.93. The standard InChI is InChI=1S/C35H46ClN3O4S/c1-25(18-27-12-9-15-31(36)19-27)37-24-34(40)33(20-26-10-3-2-4-11-26)38-35(41)30-21-29(28-13-5-6-14-28)22-32(23-30)39-16-7-8-17-44(39,42)43/h2-4,9-12,15,19,21-23,25,28,33-34,37,40,42-43H,5-8,13-14,16-18,20,24H2,1H3,(H,38,41). The lowest BCUT2D eigenvalue weighted by molar-refractivity contribution is 0.0826. The number of nitrogens with one attached hydrogen (secondary N) is 2. The van der Waals surface area contributed by atoms with Crippen molar-refractivity contribution in [3.05, 3.63) is 100 Å². The lowest BCUT2D eigenvalue weighted by Crippen LogP contribution is -2.50. The number of halogens is 1. The molecular formula is C35H46ClN3O4S. The van der Waals surface area contributed by atoms with Gasteiger partial charge in [0, 0.05) is 29.7 Å². The Kier molecular flexibility index (Phi) is 11.3. The van der Waals surface area contributed by atoms with Crippen molar-refractivity contribution in [1.82, 2.24) is 10.6 Å². The molecule has 44 heavy (non-hydrogen) atoms. The average molecular weight is 640 g/mol. The fourth-order valence-corrected chi connectivity index (χ4v) is 8.36. The fraction of sp³-hybridized carbons (Fsp3) is 0.457. The van der Waals surface area contributed by atoms with Gasteiger partial charge >= 0.3 is 0 Å². The zero-order chi connectivity index (χ0) is 31.1. The molecule has 7 nitrogen and oxygen atoms in total. The maximum absolute atomic E-state index is 13.9. The summed E-state index contributed by atoms with van der Waals surface area (Å²) in [5.74, 6) is 0.423. The maximum atomic E-state index is 13.9. The first-order valence-electron chi connectivity index (χ1n) is 15.9. The quantitative estimate of drug-likeness (QED) is 0.144. The van der Waals surface area contributed by atoms with Gasteiger partial charge in [-0.2, -0.15) is 0 Å². The molecule has 1 heterocycles. The highest BCUT2D eigenvalue weighted by Gasteiger charge is 2.30. The van der Waals surface area contributed by atoms with Crippen LogP contribution in [0.4, 0.5) is 5.69 Å². The van der Waals surface area contributed by atoms with E-state index in [2.05, 4.69) is 17.6 Å². The van der Waals surface area contributed by atoms with E-state index in [1.165, 1.54) is 0 Å². The van der Waals surface area contributed by atoms with E-state index < -0.39 is 22.9 Å². The number of aliphatic hydroxyl groups is 1. The molecule has 2 fully saturated rings. The van der Waals surface area contributed by atoms with Gasteiger partial charge in [0.1, 0.15) is 0 Å². The summed E-state index contributed by atoms with van der Waals surface area (Å²) in [6.07, 6.45) is 6.48. The Hall–Kier alpha value is -2.59. The van der Waals surface area contributed by atoms with Gasteiger partial charge in [0.2, 0.25) is 0 Å². The van der Waals surface area contributed by atoms with Crippen molar-refractivity contribution < 1.29 is 19.0 Å². The highest BCUT2D eigenvalue weighted by molar-refractivity contribution is 8.25. The number of anilines is 1. The van der Waals surface area contributed by atoms with Gasteiger partial charge in [0.25, 0.3) is 5.91 Å². The predicted molar refractivity (Wildman–Crippen MR) is 182 cm³/mol. The first kappa shape index (κ1) is 32.8. The third-order valence-electron chi connectivity index (χ3n) is 8.88. The van der Waals surface area contributed by atoms with Gasteiger partial charge < -0.3 is 15.7 Å². The van der Waals surface area contributed by atoms with Gasteiger partial charge in [0.05, 0.1) is 23.6 Å². The van der Waals surface area contributed by atoms with E-state index in [0.717, 1.165) is 61.6 Å². The molecule has 3 aromatic rings. The Morgan fingerprint density at radius 1 is 0.955 bits per heavy atom. The van der Waals surface area contributed by atoms with E-state index in [-0.39, 0.29) is 11.9 Å². The Bertz CT molecular complexity index is 1390. The van der Waals surface area contributed by atoms with E-state index in [0.29, 0.717) is 47.5 Å². The molecule has 1 aliphatic carbocycles. The summed E-state index contributed by atoms with van der Waals surface area (Å²) >= 11 is 6.16. The van der Waals surface area contributed by atoms with Gasteiger partial charge in [-0.1, -0.05) is 66.9 Å². The molecule has 1 saturated heterocycles. The number of amides is 1. The van der Waals surface area contributed by atoms with E-state index in [1.54, 1.807) is 10.4 Å². The Morgan fingerprint density at radius 3 is 2.43 bits per heavy atom. The molecule has 0 radical (unpaired) electrons. The zero-order valence-electron chi connectivity index (χ0n) is 25.5. The molecule has 0 spiro atoms. The summed E-state index contributed by atoms with van der Waals surface area (Å²) in [4.78, 5) is 13.9. The van der Waals surface area contributed by atoms with Crippen LogP contribution in [0.3, 0.4) is 0 Å². The van der Waals surface area contributed by atoms with Crippen LogP contribution in [0.25, 0.3) is 0 Å². The predicted octanol–water partition coefficient (Wildman–Crippen LogP) is 7.19. The van der Waals surface area contributed by atoms with Crippen molar-refractivity contribution in [2.75, 3.05) is 23.1 Å². The number of benzene rings is 3. The first-order valence-corrected chi connectivity index (χ1v) is 17.9. The third-order valence-corrected chi connectivity index (χ3v) is 11.1. The van der Waals surface area contributed by atoms with E-state index >= 15 is 0 Å². The second kappa shape index (κ2) is 15.1. The molecule has 3 aromatic carbocycles. The number of carbonyl (C=O) groups is 1. The Morgan fingerprint density at radius 2 is 1.70 bits per heavy atom. The van der Waals surface area contributed by atoms with Gasteiger partial charge in [-0.25, -0.2) is 0 Å². The van der Waals surface area contributed by atoms with Crippen molar-refractivity contribution in [1.29, 1.82) is 0 Å². The molecule has 3 atom stereocenters. The van der Waals surface area contributed by atoms with Crippen LogP contribution >= 0.6 is 22.4 Å². The number of carbonyl (C=O) groups excluding carboxylic acids is 1. The molecule has 0 bridgehead atoms. The van der Waals surface area contributed by atoms with Gasteiger partial charge in [-0.3, -0.25) is 18.2 Å². The summed E-state index contributed by atoms with van der Waals surface area (Å²) in [7, 11) is -2.93. The highest BCUT2D eigenvalue weighted by Crippen LogP contribution is 2.50. The minimum absolute atomic E-state index is 0.0890. The molecule has 238 valence electrons. The third kappa shape index (κ3) is 8.77. The normalized spacial score (nSPS) is 19.7. The van der Waals surface area contributed by atoms with Crippen LogP contribution in [0.1, 0.15) is 78.4 Å². The summed E-state index contributed by atoms with van der Waals surface area (Å²) in [6.45, 7) is 2.92. The van der Waals surface area contributed by atoms with E-state index in [9.17, 15) is 19.0 Å². The fourth-order valence-electron chi connectivity index (χ4n) is 6.47. The van der Waals surface area contributed by atoms with Crippen molar-refractivity contribution >= 4 is 34.0 Å². The number of nitrogens with zero attached hydrogens (tertiary/aromatic N) is 1. The van der Waals surface area contributed by atoms with Crippen molar-refractivity contribution in [3.63, 3.8) is 0 Å². The second-order valence-electron chi connectivity index (χ2n) is 12.4. The molecule has 5 N–H and O–H groups in total. The minimum Gasteiger partial charge on any atom is -0.390 e. The Labute approximate surface area is 268 Å². The molecule has 1 saturated carbocycles. The monoisotopic (exact) mass is 639 g/mol. The van der Waals surface area contributed by atoms with Crippen LogP contribution in [0.15, 0.2) is 72.8 Å². The first-order chi connectivity index (χ1) is 21.2. The number of hydrogen-bond donors (Lipinski definition) is 5. The molecule has 5 rings (SSSR count). The molecule has 3 unspecified atom stereocenters. The van der Waals surface area contributed by atoms with Crippen LogP contribution < -0.4 is 14.9 Å². The molecule has 9 heteroatoms. The van der Waals surface area contributed by atoms with Crippen molar-refractivity contribution in [2.24, 2.45) is 0 Å². The number of hydrogen-bond acceptors (Lipinski definition) is 6. The van der Waals surface area contributed by atoms with Crippen LogP contribution in [-0.4, -0.2) is 57.1 Å². The lowest BCUT2D eigenvalue weighted by atomic mass is 9.94. The maximum Gasteiger partial charge on any atom is 0.251 e. The van der Waals surface area contributed by atoms with Gasteiger partial charge in [-0.05, 0) is 98.4 Å². The van der Waals surface area contributed by atoms with Gasteiger partial charge in [-0.15, -0.1) is 10.8 Å². The summed E-state index contributed by atoms with van der Waals surface area (Å²) in [6, 6.07) is 23.0. The number of rotatable bonds is 12. The van der Waals surface area contributed by atoms with E-state index in [4.69, 9.17) is 11.6 Å². The SMILES string of the molecule is CC(Cc1cccc(Cl)c1)NCC(O)C(Cc1ccccc1)NC(=O)c1cc(C2CCCC2)cc(N2CCCCS2(O)O)c1. The van der Waals surface area contributed by atoms with Crippen LogP contribution in [-0.2, 0) is 12.8 Å². The van der Waals surface area contributed by atoms with E-state index in [1.807, 2.05) is 66.7 Å². The van der Waals surface area contributed by atoms with Crippen molar-refractivity contribution in [3.8, 4) is 0 Å². The molecule has 2 aliphatic rings. The average Bonchev–Trinajstić information content (AvgIpc) is 3.55. The van der Waals surface area contributed by atoms with Gasteiger partial charge in [0.15, 0.2) is 0 Å². The van der Waals surface area contributed by atoms with Crippen molar-refractivity contribution in [2.45, 2.75) is 82.4 Å². The summed E-state index contributed by atoms with van der Waals surface area (Å²) < 4.78 is 23.5. The molecular weight excluding hydrogens is 594 g/mol. The molecule has 0 aromatic heterocycles. The number of aliphatic hydroxyl groups excluding tert-OH is 1. The summed E-state index contributed by atoms with van der Waals surface area (Å²) in [5, 5.41) is 18.7. The van der Waals surface area contributed by atoms with Crippen LogP contribution in [0.5, 0.6) is 0 Å². The topological polar surface area (TPSA) is 105 Å². The second-order valence-corrected chi connectivity index (χ2v) is 15.0. The Balaban J connectivity index is 1.34. The largest absolute Gasteiger partial charge is 0.390 e. The highest BCUT2D eigenvalue weighted by atomic mass is 35.5. The lowest BCUT2D eigenvalue weighted by Gasteiger charge is -2.47. The van der Waals surface area contributed by atoms with Crippen LogP contribution in [0, 0.1) is 0 Å². The zero-order valence-corrected chi connectivity index (χ0v) is 27.1. The van der Waals surface area contributed by atoms with Crippen LogP contribution in [0.2, 0.25) is 5.02 Å². The molecule has 1 aliphatic heterocycles. The molecule has 1 amide bonds. The smallest absolute Gasteiger partial charge is 0.251 e.